The Hall–Kier alpha value is -1.59. The maximum atomic E-state index is 12.6. The van der Waals surface area contributed by atoms with E-state index < -0.39 is 0 Å². The van der Waals surface area contributed by atoms with Crippen molar-refractivity contribution in [1.29, 1.82) is 0 Å². The number of fused-ring (bicyclic) bond motifs is 2. The summed E-state index contributed by atoms with van der Waals surface area (Å²) in [5.41, 5.74) is 1.04. The molecule has 3 aliphatic heterocycles. The second-order valence-electron chi connectivity index (χ2n) is 6.60. The summed E-state index contributed by atoms with van der Waals surface area (Å²) in [6.07, 6.45) is 2.45. The summed E-state index contributed by atoms with van der Waals surface area (Å²) in [5.74, 6) is 0.267. The Labute approximate surface area is 140 Å². The van der Waals surface area contributed by atoms with E-state index in [4.69, 9.17) is 11.6 Å². The molecule has 3 heterocycles. The average Bonchev–Trinajstić information content (AvgIpc) is 3.19. The first-order valence-corrected chi connectivity index (χ1v) is 8.60. The van der Waals surface area contributed by atoms with Gasteiger partial charge in [-0.3, -0.25) is 9.59 Å². The third-order valence-electron chi connectivity index (χ3n) is 5.23. The molecule has 3 saturated heterocycles. The molecule has 1 aromatic rings. The highest BCUT2D eigenvalue weighted by Gasteiger charge is 2.51. The molecule has 0 aliphatic carbocycles. The van der Waals surface area contributed by atoms with Gasteiger partial charge in [-0.2, -0.15) is 0 Å². The summed E-state index contributed by atoms with van der Waals surface area (Å²) in [4.78, 5) is 28.8. The summed E-state index contributed by atoms with van der Waals surface area (Å²) in [5, 5.41) is 4.19. The smallest absolute Gasteiger partial charge is 0.246 e. The minimum Gasteiger partial charge on any atom is -0.329 e. The predicted molar refractivity (Wildman–Crippen MR) is 86.9 cm³/mol. The highest BCUT2D eigenvalue weighted by molar-refractivity contribution is 6.31. The van der Waals surface area contributed by atoms with Gasteiger partial charge in [0, 0.05) is 30.7 Å². The third-order valence-corrected chi connectivity index (χ3v) is 5.60. The molecular weight excluding hydrogens is 314 g/mol. The van der Waals surface area contributed by atoms with Gasteiger partial charge in [-0.15, -0.1) is 0 Å². The molecule has 2 amide bonds. The van der Waals surface area contributed by atoms with E-state index in [0.717, 1.165) is 30.0 Å². The van der Waals surface area contributed by atoms with Crippen LogP contribution in [0.5, 0.6) is 0 Å². The quantitative estimate of drug-likeness (QED) is 0.910. The molecule has 122 valence electrons. The first kappa shape index (κ1) is 15.0. The SMILES string of the molecule is O=C1[C@@H]2C[C@H](NCc3ccccc3Cl)CN2C(=O)[C@@H]2CCCN12. The van der Waals surface area contributed by atoms with Crippen LogP contribution in [0.4, 0.5) is 0 Å². The Balaban J connectivity index is 1.44. The zero-order chi connectivity index (χ0) is 16.0. The zero-order valence-corrected chi connectivity index (χ0v) is 13.6. The van der Waals surface area contributed by atoms with Gasteiger partial charge in [-0.05, 0) is 30.9 Å². The second kappa shape index (κ2) is 5.80. The van der Waals surface area contributed by atoms with Crippen molar-refractivity contribution in [1.82, 2.24) is 15.1 Å². The maximum Gasteiger partial charge on any atom is 0.246 e. The number of carbonyl (C=O) groups is 2. The Bertz CT molecular complexity index is 620. The van der Waals surface area contributed by atoms with Crippen LogP contribution in [0.3, 0.4) is 0 Å². The van der Waals surface area contributed by atoms with Crippen molar-refractivity contribution in [3.05, 3.63) is 34.9 Å². The van der Waals surface area contributed by atoms with E-state index in [-0.39, 0.29) is 29.9 Å². The van der Waals surface area contributed by atoms with Gasteiger partial charge in [0.2, 0.25) is 11.8 Å². The lowest BCUT2D eigenvalue weighted by Crippen LogP contribution is -2.60. The standard InChI is InChI=1S/C17H20ClN3O2/c18-13-5-2-1-4-11(13)9-19-12-8-15-17(23)20-7-3-6-14(20)16(22)21(15)10-12/h1-2,4-5,12,14-15,19H,3,6-10H2/t12-,14-,15-/m0/s1. The monoisotopic (exact) mass is 333 g/mol. The van der Waals surface area contributed by atoms with Crippen LogP contribution < -0.4 is 5.32 Å². The van der Waals surface area contributed by atoms with Crippen molar-refractivity contribution >= 4 is 23.4 Å². The van der Waals surface area contributed by atoms with E-state index in [1.165, 1.54) is 0 Å². The highest BCUT2D eigenvalue weighted by atomic mass is 35.5. The lowest BCUT2D eigenvalue weighted by molar-refractivity contribution is -0.156. The summed E-state index contributed by atoms with van der Waals surface area (Å²) in [6.45, 7) is 2.00. The fraction of sp³-hybridized carbons (Fsp3) is 0.529. The molecule has 0 aromatic heterocycles. The summed E-state index contributed by atoms with van der Waals surface area (Å²) in [6, 6.07) is 7.39. The predicted octanol–water partition coefficient (Wildman–Crippen LogP) is 1.40. The lowest BCUT2D eigenvalue weighted by atomic mass is 10.1. The van der Waals surface area contributed by atoms with Crippen LogP contribution in [-0.2, 0) is 16.1 Å². The Morgan fingerprint density at radius 1 is 1.13 bits per heavy atom. The van der Waals surface area contributed by atoms with E-state index in [1.54, 1.807) is 9.80 Å². The normalized spacial score (nSPS) is 29.9. The molecule has 0 spiro atoms. The molecular formula is C17H20ClN3O2. The van der Waals surface area contributed by atoms with Gasteiger partial charge in [-0.25, -0.2) is 0 Å². The minimum atomic E-state index is -0.277. The van der Waals surface area contributed by atoms with Crippen molar-refractivity contribution in [3.8, 4) is 0 Å². The fourth-order valence-electron chi connectivity index (χ4n) is 4.03. The van der Waals surface area contributed by atoms with Crippen LogP contribution in [0.25, 0.3) is 0 Å². The number of halogens is 1. The van der Waals surface area contributed by atoms with Gasteiger partial charge >= 0.3 is 0 Å². The lowest BCUT2D eigenvalue weighted by Gasteiger charge is -2.38. The molecule has 3 fully saturated rings. The zero-order valence-electron chi connectivity index (χ0n) is 12.9. The fourth-order valence-corrected chi connectivity index (χ4v) is 4.23. The molecule has 1 N–H and O–H groups in total. The third kappa shape index (κ3) is 2.52. The minimum absolute atomic E-state index is 0.133. The Kier molecular flexibility index (Phi) is 3.77. The Morgan fingerprint density at radius 3 is 2.74 bits per heavy atom. The van der Waals surface area contributed by atoms with Crippen LogP contribution in [-0.4, -0.2) is 52.8 Å². The van der Waals surface area contributed by atoms with E-state index in [0.29, 0.717) is 19.5 Å². The molecule has 6 heteroatoms. The molecule has 5 nitrogen and oxygen atoms in total. The van der Waals surface area contributed by atoms with Crippen LogP contribution in [0, 0.1) is 0 Å². The molecule has 4 rings (SSSR count). The number of carbonyl (C=O) groups excluding carboxylic acids is 2. The van der Waals surface area contributed by atoms with Gasteiger partial charge in [-0.1, -0.05) is 29.8 Å². The van der Waals surface area contributed by atoms with Crippen molar-refractivity contribution in [2.75, 3.05) is 13.1 Å². The van der Waals surface area contributed by atoms with Crippen LogP contribution in [0.15, 0.2) is 24.3 Å². The topological polar surface area (TPSA) is 52.7 Å². The maximum absolute atomic E-state index is 12.6. The van der Waals surface area contributed by atoms with Crippen molar-refractivity contribution in [3.63, 3.8) is 0 Å². The van der Waals surface area contributed by atoms with Crippen molar-refractivity contribution < 1.29 is 9.59 Å². The number of hydrogen-bond donors (Lipinski definition) is 1. The molecule has 0 saturated carbocycles. The molecule has 3 atom stereocenters. The molecule has 0 radical (unpaired) electrons. The van der Waals surface area contributed by atoms with Crippen LogP contribution in [0.1, 0.15) is 24.8 Å². The molecule has 3 aliphatic rings. The summed E-state index contributed by atoms with van der Waals surface area (Å²) in [7, 11) is 0. The van der Waals surface area contributed by atoms with Gasteiger partial charge in [0.15, 0.2) is 0 Å². The molecule has 0 bridgehead atoms. The Morgan fingerprint density at radius 2 is 1.91 bits per heavy atom. The first-order valence-electron chi connectivity index (χ1n) is 8.23. The second-order valence-corrected chi connectivity index (χ2v) is 7.01. The number of piperazine rings is 1. The number of nitrogens with zero attached hydrogens (tertiary/aromatic N) is 2. The largest absolute Gasteiger partial charge is 0.329 e. The van der Waals surface area contributed by atoms with Crippen LogP contribution >= 0.6 is 11.6 Å². The van der Waals surface area contributed by atoms with Gasteiger partial charge in [0.25, 0.3) is 0 Å². The van der Waals surface area contributed by atoms with Crippen molar-refractivity contribution in [2.24, 2.45) is 0 Å². The summed E-state index contributed by atoms with van der Waals surface area (Å²) < 4.78 is 0. The van der Waals surface area contributed by atoms with Crippen LogP contribution in [0.2, 0.25) is 5.02 Å². The van der Waals surface area contributed by atoms with Gasteiger partial charge in [0.1, 0.15) is 12.1 Å². The van der Waals surface area contributed by atoms with Gasteiger partial charge in [0.05, 0.1) is 0 Å². The molecule has 0 unspecified atom stereocenters. The molecule has 23 heavy (non-hydrogen) atoms. The number of rotatable bonds is 3. The number of benzene rings is 1. The van der Waals surface area contributed by atoms with E-state index in [9.17, 15) is 9.59 Å². The van der Waals surface area contributed by atoms with E-state index in [2.05, 4.69) is 5.32 Å². The average molecular weight is 334 g/mol. The number of amides is 2. The van der Waals surface area contributed by atoms with Crippen molar-refractivity contribution in [2.45, 2.75) is 43.9 Å². The number of nitrogens with one attached hydrogen (secondary N) is 1. The first-order chi connectivity index (χ1) is 11.1. The summed E-state index contributed by atoms with van der Waals surface area (Å²) >= 11 is 6.18. The van der Waals surface area contributed by atoms with E-state index >= 15 is 0 Å². The highest BCUT2D eigenvalue weighted by Crippen LogP contribution is 2.32. The number of hydrogen-bond acceptors (Lipinski definition) is 3. The van der Waals surface area contributed by atoms with E-state index in [1.807, 2.05) is 24.3 Å². The van der Waals surface area contributed by atoms with Gasteiger partial charge < -0.3 is 15.1 Å². The molecule has 1 aromatic carbocycles.